The third-order valence-electron chi connectivity index (χ3n) is 3.38. The summed E-state index contributed by atoms with van der Waals surface area (Å²) in [4.78, 5) is 4.66. The summed E-state index contributed by atoms with van der Waals surface area (Å²) in [6.45, 7) is 9.14. The summed E-state index contributed by atoms with van der Waals surface area (Å²) in [6.07, 6.45) is 1.03. The largest absolute Gasteiger partial charge is 0.370 e. The van der Waals surface area contributed by atoms with Crippen molar-refractivity contribution in [2.75, 3.05) is 11.9 Å². The number of aryl methyl sites for hydroxylation is 1. The first kappa shape index (κ1) is 15.2. The zero-order valence-electron chi connectivity index (χ0n) is 12.3. The Kier molecular flexibility index (Phi) is 4.63. The highest BCUT2D eigenvalue weighted by molar-refractivity contribution is 9.10. The molecule has 2 rings (SSSR count). The number of pyridine rings is 1. The molecule has 0 radical (unpaired) electrons. The fraction of sp³-hybridized carbons (Fsp3) is 0.438. The molecule has 0 amide bonds. The van der Waals surface area contributed by atoms with Crippen LogP contribution in [0.4, 0.5) is 10.2 Å². The van der Waals surface area contributed by atoms with E-state index < -0.39 is 0 Å². The number of nitrogens with one attached hydrogen (secondary N) is 1. The minimum absolute atomic E-state index is 0.234. The zero-order chi connectivity index (χ0) is 14.9. The second kappa shape index (κ2) is 6.08. The molecule has 0 bridgehead atoms. The SMILES string of the molecule is CCCNc1nc2c(C)cc(Br)c(F)c2cc1C(C)C. The molecule has 0 aliphatic heterocycles. The van der Waals surface area contributed by atoms with E-state index in [1.807, 2.05) is 13.0 Å². The van der Waals surface area contributed by atoms with Gasteiger partial charge in [-0.25, -0.2) is 9.37 Å². The van der Waals surface area contributed by atoms with Gasteiger partial charge in [-0.3, -0.25) is 0 Å². The number of halogens is 2. The summed E-state index contributed by atoms with van der Waals surface area (Å²) in [5.74, 6) is 0.936. The lowest BCUT2D eigenvalue weighted by atomic mass is 10.00. The molecule has 0 saturated carbocycles. The number of aromatic nitrogens is 1. The van der Waals surface area contributed by atoms with Crippen LogP contribution in [0.15, 0.2) is 16.6 Å². The van der Waals surface area contributed by atoms with Crippen LogP contribution >= 0.6 is 15.9 Å². The zero-order valence-corrected chi connectivity index (χ0v) is 13.9. The molecule has 20 heavy (non-hydrogen) atoms. The van der Waals surface area contributed by atoms with Gasteiger partial charge in [-0.2, -0.15) is 0 Å². The molecule has 0 aliphatic carbocycles. The topological polar surface area (TPSA) is 24.9 Å². The van der Waals surface area contributed by atoms with Crippen LogP contribution in [0.2, 0.25) is 0 Å². The highest BCUT2D eigenvalue weighted by Gasteiger charge is 2.15. The number of hydrogen-bond acceptors (Lipinski definition) is 2. The average Bonchev–Trinajstić information content (AvgIpc) is 2.41. The molecule has 1 N–H and O–H groups in total. The Balaban J connectivity index is 2.71. The normalized spacial score (nSPS) is 11.3. The van der Waals surface area contributed by atoms with Crippen LogP contribution in [0.3, 0.4) is 0 Å². The maximum atomic E-state index is 14.3. The Morgan fingerprint density at radius 3 is 2.65 bits per heavy atom. The quantitative estimate of drug-likeness (QED) is 0.808. The Hall–Kier alpha value is -1.16. The van der Waals surface area contributed by atoms with Crippen molar-refractivity contribution in [3.63, 3.8) is 0 Å². The molecule has 0 aliphatic rings. The Bertz CT molecular complexity index is 638. The van der Waals surface area contributed by atoms with Crippen molar-refractivity contribution in [2.24, 2.45) is 0 Å². The van der Waals surface area contributed by atoms with E-state index in [0.717, 1.165) is 35.4 Å². The lowest BCUT2D eigenvalue weighted by molar-refractivity contribution is 0.632. The van der Waals surface area contributed by atoms with Crippen LogP contribution in [-0.2, 0) is 0 Å². The lowest BCUT2D eigenvalue weighted by Gasteiger charge is -2.16. The number of benzene rings is 1. The highest BCUT2D eigenvalue weighted by atomic mass is 79.9. The summed E-state index contributed by atoms with van der Waals surface area (Å²) in [6, 6.07) is 3.71. The Morgan fingerprint density at radius 2 is 2.05 bits per heavy atom. The predicted octanol–water partition coefficient (Wildman–Crippen LogP) is 5.39. The van der Waals surface area contributed by atoms with E-state index >= 15 is 0 Å². The molecule has 1 aromatic heterocycles. The smallest absolute Gasteiger partial charge is 0.146 e. The molecule has 1 heterocycles. The van der Waals surface area contributed by atoms with Crippen LogP contribution in [0.5, 0.6) is 0 Å². The van der Waals surface area contributed by atoms with Gasteiger partial charge < -0.3 is 5.32 Å². The van der Waals surface area contributed by atoms with Gasteiger partial charge in [-0.05, 0) is 58.5 Å². The van der Waals surface area contributed by atoms with Crippen molar-refractivity contribution >= 4 is 32.7 Å². The molecule has 2 nitrogen and oxygen atoms in total. The summed E-state index contributed by atoms with van der Waals surface area (Å²) in [5.41, 5.74) is 2.76. The molecular weight excluding hydrogens is 319 g/mol. The van der Waals surface area contributed by atoms with Crippen LogP contribution < -0.4 is 5.32 Å². The molecule has 0 spiro atoms. The van der Waals surface area contributed by atoms with Gasteiger partial charge in [0.15, 0.2) is 0 Å². The van der Waals surface area contributed by atoms with Crippen molar-refractivity contribution in [1.82, 2.24) is 4.98 Å². The fourth-order valence-corrected chi connectivity index (χ4v) is 2.83. The molecule has 108 valence electrons. The van der Waals surface area contributed by atoms with Crippen molar-refractivity contribution in [2.45, 2.75) is 40.0 Å². The number of fused-ring (bicyclic) bond motifs is 1. The Morgan fingerprint density at radius 1 is 1.35 bits per heavy atom. The standard InChI is InChI=1S/C16H20BrFN2/c1-5-6-19-16-11(9(2)3)8-12-14(18)13(17)7-10(4)15(12)20-16/h7-9H,5-6H2,1-4H3,(H,19,20). The van der Waals surface area contributed by atoms with E-state index in [4.69, 9.17) is 0 Å². The molecular formula is C16H20BrFN2. The fourth-order valence-electron chi connectivity index (χ4n) is 2.27. The van der Waals surface area contributed by atoms with Crippen LogP contribution in [-0.4, -0.2) is 11.5 Å². The number of rotatable bonds is 4. The lowest BCUT2D eigenvalue weighted by Crippen LogP contribution is -2.07. The van der Waals surface area contributed by atoms with Gasteiger partial charge in [0.25, 0.3) is 0 Å². The summed E-state index contributed by atoms with van der Waals surface area (Å²) in [7, 11) is 0. The van der Waals surface area contributed by atoms with Crippen LogP contribution in [0, 0.1) is 12.7 Å². The van der Waals surface area contributed by atoms with Gasteiger partial charge in [0.2, 0.25) is 0 Å². The van der Waals surface area contributed by atoms with Gasteiger partial charge >= 0.3 is 0 Å². The molecule has 0 atom stereocenters. The van der Waals surface area contributed by atoms with Crippen molar-refractivity contribution in [1.29, 1.82) is 0 Å². The second-order valence-electron chi connectivity index (χ2n) is 5.39. The molecule has 1 aromatic carbocycles. The Labute approximate surface area is 127 Å². The first-order chi connectivity index (χ1) is 9.45. The van der Waals surface area contributed by atoms with Crippen molar-refractivity contribution in [3.8, 4) is 0 Å². The highest BCUT2D eigenvalue weighted by Crippen LogP contribution is 2.32. The molecule has 0 fully saturated rings. The van der Waals surface area contributed by atoms with Gasteiger partial charge in [-0.15, -0.1) is 0 Å². The number of hydrogen-bond donors (Lipinski definition) is 1. The van der Waals surface area contributed by atoms with Crippen molar-refractivity contribution in [3.05, 3.63) is 33.5 Å². The molecule has 0 unspecified atom stereocenters. The van der Waals surface area contributed by atoms with E-state index in [1.165, 1.54) is 0 Å². The molecule has 4 heteroatoms. The minimum atomic E-state index is -0.234. The third kappa shape index (κ3) is 2.80. The molecule has 2 aromatic rings. The molecule has 0 saturated heterocycles. The van der Waals surface area contributed by atoms with E-state index in [9.17, 15) is 4.39 Å². The maximum Gasteiger partial charge on any atom is 0.146 e. The first-order valence-electron chi connectivity index (χ1n) is 6.98. The van der Waals surface area contributed by atoms with Gasteiger partial charge in [-0.1, -0.05) is 20.8 Å². The van der Waals surface area contributed by atoms with Crippen molar-refractivity contribution < 1.29 is 4.39 Å². The van der Waals surface area contributed by atoms with E-state index in [0.29, 0.717) is 15.8 Å². The van der Waals surface area contributed by atoms with E-state index in [-0.39, 0.29) is 5.82 Å². The predicted molar refractivity (Wildman–Crippen MR) is 87.0 cm³/mol. The summed E-state index contributed by atoms with van der Waals surface area (Å²) < 4.78 is 14.8. The van der Waals surface area contributed by atoms with Gasteiger partial charge in [0.05, 0.1) is 9.99 Å². The average molecular weight is 339 g/mol. The van der Waals surface area contributed by atoms with Crippen LogP contribution in [0.1, 0.15) is 44.2 Å². The summed E-state index contributed by atoms with van der Waals surface area (Å²) >= 11 is 3.27. The first-order valence-corrected chi connectivity index (χ1v) is 7.78. The monoisotopic (exact) mass is 338 g/mol. The third-order valence-corrected chi connectivity index (χ3v) is 3.96. The number of anilines is 1. The number of nitrogens with zero attached hydrogens (tertiary/aromatic N) is 1. The maximum absolute atomic E-state index is 14.3. The van der Waals surface area contributed by atoms with E-state index in [2.05, 4.69) is 47.0 Å². The van der Waals surface area contributed by atoms with Crippen LogP contribution in [0.25, 0.3) is 10.9 Å². The minimum Gasteiger partial charge on any atom is -0.370 e. The second-order valence-corrected chi connectivity index (χ2v) is 6.25. The van der Waals surface area contributed by atoms with Gasteiger partial charge in [0, 0.05) is 11.9 Å². The van der Waals surface area contributed by atoms with Gasteiger partial charge in [0.1, 0.15) is 11.6 Å². The van der Waals surface area contributed by atoms with E-state index in [1.54, 1.807) is 6.07 Å². The summed E-state index contributed by atoms with van der Waals surface area (Å²) in [5, 5.41) is 3.94.